The van der Waals surface area contributed by atoms with E-state index >= 15 is 0 Å². The number of benzene rings is 1. The number of primary amides is 1. The van der Waals surface area contributed by atoms with Crippen LogP contribution in [0.15, 0.2) is 12.1 Å². The van der Waals surface area contributed by atoms with Crippen molar-refractivity contribution in [2.24, 2.45) is 5.73 Å². The van der Waals surface area contributed by atoms with Crippen molar-refractivity contribution >= 4 is 11.8 Å². The lowest BCUT2D eigenvalue weighted by atomic mass is 10.0. The van der Waals surface area contributed by atoms with Gasteiger partial charge in [-0.15, -0.1) is 6.42 Å². The molecule has 0 aliphatic rings. The predicted molar refractivity (Wildman–Crippen MR) is 78.3 cm³/mol. The van der Waals surface area contributed by atoms with Gasteiger partial charge in [0.25, 0.3) is 0 Å². The third kappa shape index (κ3) is 5.39. The molecule has 6 nitrogen and oxygen atoms in total. The summed E-state index contributed by atoms with van der Waals surface area (Å²) in [6, 6.07) is 2.40. The molecule has 130 valence electrons. The highest BCUT2D eigenvalue weighted by Gasteiger charge is 2.38. The van der Waals surface area contributed by atoms with Crippen LogP contribution in [-0.2, 0) is 11.2 Å². The van der Waals surface area contributed by atoms with Gasteiger partial charge in [-0.2, -0.15) is 13.2 Å². The number of carbonyl (C=O) groups excluding carboxylic acids is 2. The molecule has 4 N–H and O–H groups in total. The SMILES string of the molecule is C#CCOc1cc(C(N)=O)cc(O)c1CCCNC(=O)C(F)(F)F. The van der Waals surface area contributed by atoms with E-state index in [1.54, 1.807) is 5.32 Å². The first kappa shape index (κ1) is 19.2. The Balaban J connectivity index is 2.81. The Kier molecular flexibility index (Phi) is 6.47. The van der Waals surface area contributed by atoms with Gasteiger partial charge in [-0.1, -0.05) is 5.92 Å². The zero-order chi connectivity index (χ0) is 18.3. The number of nitrogens with one attached hydrogen (secondary N) is 1. The van der Waals surface area contributed by atoms with Crippen molar-refractivity contribution in [1.82, 2.24) is 5.32 Å². The number of aromatic hydroxyl groups is 1. The van der Waals surface area contributed by atoms with Crippen LogP contribution in [0.25, 0.3) is 0 Å². The number of phenols is 1. The number of rotatable bonds is 7. The van der Waals surface area contributed by atoms with Crippen molar-refractivity contribution in [2.75, 3.05) is 13.2 Å². The first-order valence-corrected chi connectivity index (χ1v) is 6.73. The molecule has 0 saturated heterocycles. The van der Waals surface area contributed by atoms with Crippen molar-refractivity contribution in [1.29, 1.82) is 0 Å². The van der Waals surface area contributed by atoms with Gasteiger partial charge in [0.2, 0.25) is 5.91 Å². The first-order valence-electron chi connectivity index (χ1n) is 6.73. The number of halogens is 3. The second-order valence-corrected chi connectivity index (χ2v) is 4.69. The van der Waals surface area contributed by atoms with Crippen molar-refractivity contribution in [3.63, 3.8) is 0 Å². The number of alkyl halides is 3. The molecule has 0 radical (unpaired) electrons. The summed E-state index contributed by atoms with van der Waals surface area (Å²) in [4.78, 5) is 21.9. The Labute approximate surface area is 135 Å². The van der Waals surface area contributed by atoms with E-state index in [9.17, 15) is 27.9 Å². The molecule has 0 saturated carbocycles. The van der Waals surface area contributed by atoms with Crippen LogP contribution in [0.3, 0.4) is 0 Å². The van der Waals surface area contributed by atoms with Crippen LogP contribution in [0.5, 0.6) is 11.5 Å². The van der Waals surface area contributed by atoms with E-state index in [-0.39, 0.29) is 48.6 Å². The Morgan fingerprint density at radius 2 is 2.04 bits per heavy atom. The standard InChI is InChI=1S/C15H15F3N2O4/c1-2-6-24-12-8-9(13(19)22)7-11(21)10(12)4-3-5-20-14(23)15(16,17)18/h1,7-8,21H,3-6H2,(H2,19,22)(H,20,23). The molecule has 9 heteroatoms. The van der Waals surface area contributed by atoms with Gasteiger partial charge >= 0.3 is 12.1 Å². The second-order valence-electron chi connectivity index (χ2n) is 4.69. The van der Waals surface area contributed by atoms with Crippen molar-refractivity contribution in [3.8, 4) is 23.8 Å². The molecule has 1 rings (SSSR count). The van der Waals surface area contributed by atoms with Crippen molar-refractivity contribution in [2.45, 2.75) is 19.0 Å². The van der Waals surface area contributed by atoms with Gasteiger partial charge < -0.3 is 20.9 Å². The highest BCUT2D eigenvalue weighted by molar-refractivity contribution is 5.94. The van der Waals surface area contributed by atoms with E-state index in [0.29, 0.717) is 0 Å². The third-order valence-corrected chi connectivity index (χ3v) is 2.93. The van der Waals surface area contributed by atoms with Gasteiger partial charge in [-0.3, -0.25) is 9.59 Å². The summed E-state index contributed by atoms with van der Waals surface area (Å²) in [5.74, 6) is -0.830. The molecule has 0 unspecified atom stereocenters. The number of carbonyl (C=O) groups is 2. The third-order valence-electron chi connectivity index (χ3n) is 2.93. The summed E-state index contributed by atoms with van der Waals surface area (Å²) in [7, 11) is 0. The molecule has 0 fully saturated rings. The topological polar surface area (TPSA) is 102 Å². The second kappa shape index (κ2) is 8.10. The molecule has 0 spiro atoms. The van der Waals surface area contributed by atoms with Crippen LogP contribution in [0, 0.1) is 12.3 Å². The monoisotopic (exact) mass is 344 g/mol. The Morgan fingerprint density at radius 1 is 1.38 bits per heavy atom. The van der Waals surface area contributed by atoms with Crippen molar-refractivity contribution < 1.29 is 32.6 Å². The predicted octanol–water partition coefficient (Wildman–Crippen LogP) is 1.11. The molecule has 2 amide bonds. The number of phenolic OH excluding ortho intramolecular Hbond substituents is 1. The smallest absolute Gasteiger partial charge is 0.471 e. The summed E-state index contributed by atoms with van der Waals surface area (Å²) in [5, 5.41) is 11.7. The van der Waals surface area contributed by atoms with Gasteiger partial charge in [-0.25, -0.2) is 0 Å². The molecule has 24 heavy (non-hydrogen) atoms. The summed E-state index contributed by atoms with van der Waals surface area (Å²) in [6.45, 7) is -0.399. The molecule has 0 aliphatic heterocycles. The van der Waals surface area contributed by atoms with Crippen LogP contribution in [0.1, 0.15) is 22.3 Å². The average Bonchev–Trinajstić information content (AvgIpc) is 2.49. The summed E-state index contributed by atoms with van der Waals surface area (Å²) >= 11 is 0. The minimum atomic E-state index is -4.95. The number of amides is 2. The number of nitrogens with two attached hydrogens (primary N) is 1. The number of hydrogen-bond acceptors (Lipinski definition) is 4. The minimum Gasteiger partial charge on any atom is -0.508 e. The van der Waals surface area contributed by atoms with Crippen LogP contribution in [0.4, 0.5) is 13.2 Å². The quantitative estimate of drug-likeness (QED) is 0.509. The minimum absolute atomic E-state index is 0.00588. The van der Waals surface area contributed by atoms with E-state index in [1.165, 1.54) is 6.07 Å². The van der Waals surface area contributed by atoms with E-state index in [2.05, 4.69) is 5.92 Å². The highest BCUT2D eigenvalue weighted by Crippen LogP contribution is 2.31. The molecule has 1 aromatic carbocycles. The molecule has 0 heterocycles. The van der Waals surface area contributed by atoms with E-state index in [1.807, 2.05) is 0 Å². The lowest BCUT2D eigenvalue weighted by Gasteiger charge is -2.13. The Hall–Kier alpha value is -2.89. The fourth-order valence-electron chi connectivity index (χ4n) is 1.84. The van der Waals surface area contributed by atoms with Crippen LogP contribution in [-0.4, -0.2) is 36.2 Å². The lowest BCUT2D eigenvalue weighted by Crippen LogP contribution is -2.37. The lowest BCUT2D eigenvalue weighted by molar-refractivity contribution is -0.173. The zero-order valence-corrected chi connectivity index (χ0v) is 12.4. The van der Waals surface area contributed by atoms with E-state index in [4.69, 9.17) is 16.9 Å². The van der Waals surface area contributed by atoms with Gasteiger partial charge in [0.15, 0.2) is 0 Å². The number of hydrogen-bond donors (Lipinski definition) is 3. The fourth-order valence-corrected chi connectivity index (χ4v) is 1.84. The Bertz CT molecular complexity index is 666. The maximum atomic E-state index is 12.1. The maximum Gasteiger partial charge on any atom is 0.471 e. The van der Waals surface area contributed by atoms with Crippen LogP contribution < -0.4 is 15.8 Å². The first-order chi connectivity index (χ1) is 11.2. The largest absolute Gasteiger partial charge is 0.508 e. The van der Waals surface area contributed by atoms with E-state index in [0.717, 1.165) is 6.07 Å². The molecule has 0 bridgehead atoms. The number of ether oxygens (including phenoxy) is 1. The highest BCUT2D eigenvalue weighted by atomic mass is 19.4. The molecule has 0 atom stereocenters. The molecular weight excluding hydrogens is 329 g/mol. The summed E-state index contributed by atoms with van der Waals surface area (Å²) in [5.41, 5.74) is 5.37. The Morgan fingerprint density at radius 3 is 2.58 bits per heavy atom. The fraction of sp³-hybridized carbons (Fsp3) is 0.333. The van der Waals surface area contributed by atoms with Gasteiger partial charge in [0.1, 0.15) is 18.1 Å². The van der Waals surface area contributed by atoms with Gasteiger partial charge in [0.05, 0.1) is 0 Å². The maximum absolute atomic E-state index is 12.1. The normalized spacial score (nSPS) is 10.8. The number of terminal acetylenes is 1. The van der Waals surface area contributed by atoms with E-state index < -0.39 is 18.0 Å². The summed E-state index contributed by atoms with van der Waals surface area (Å²) in [6.07, 6.45) is 0.304. The molecular formula is C15H15F3N2O4. The molecule has 0 aliphatic carbocycles. The van der Waals surface area contributed by atoms with Crippen LogP contribution >= 0.6 is 0 Å². The molecule has 0 aromatic heterocycles. The van der Waals surface area contributed by atoms with Gasteiger partial charge in [0, 0.05) is 17.7 Å². The molecule has 1 aromatic rings. The van der Waals surface area contributed by atoms with Crippen LogP contribution in [0.2, 0.25) is 0 Å². The summed E-state index contributed by atoms with van der Waals surface area (Å²) < 4.78 is 41.4. The van der Waals surface area contributed by atoms with Gasteiger partial charge in [-0.05, 0) is 25.0 Å². The zero-order valence-electron chi connectivity index (χ0n) is 12.4. The van der Waals surface area contributed by atoms with Crippen molar-refractivity contribution in [3.05, 3.63) is 23.3 Å². The average molecular weight is 344 g/mol.